The van der Waals surface area contributed by atoms with Crippen molar-refractivity contribution >= 4 is 10.9 Å². The van der Waals surface area contributed by atoms with E-state index < -0.39 is 0 Å². The Bertz CT molecular complexity index is 516. The summed E-state index contributed by atoms with van der Waals surface area (Å²) in [6, 6.07) is 4.99. The van der Waals surface area contributed by atoms with Crippen molar-refractivity contribution in [1.82, 2.24) is 4.98 Å². The van der Waals surface area contributed by atoms with Gasteiger partial charge in [-0.1, -0.05) is 0 Å². The van der Waals surface area contributed by atoms with Crippen molar-refractivity contribution in [2.45, 2.75) is 25.3 Å². The molecule has 0 saturated carbocycles. The molecule has 0 spiro atoms. The fraction of sp³-hybridized carbons (Fsp3) is 0.333. The lowest BCUT2D eigenvalue weighted by Crippen LogP contribution is -2.16. The normalized spacial score (nSPS) is 20.5. The third-order valence-electron chi connectivity index (χ3n) is 3.21. The Morgan fingerprint density at radius 3 is 3.13 bits per heavy atom. The maximum Gasteiger partial charge on any atom is 0.125 e. The highest BCUT2D eigenvalue weighted by atomic mass is 19.1. The second-order valence-corrected chi connectivity index (χ2v) is 4.21. The minimum Gasteiger partial charge on any atom is -0.357 e. The highest BCUT2D eigenvalue weighted by Gasteiger charge is 2.21. The summed E-state index contributed by atoms with van der Waals surface area (Å²) in [6.07, 6.45) is 3.19. The molecule has 15 heavy (non-hydrogen) atoms. The average Bonchev–Trinajstić information content (AvgIpc) is 2.57. The highest BCUT2D eigenvalue weighted by molar-refractivity contribution is 5.85. The average molecular weight is 204 g/mol. The van der Waals surface area contributed by atoms with E-state index in [0.717, 1.165) is 35.9 Å². The lowest BCUT2D eigenvalue weighted by molar-refractivity contribution is 0.562. The first-order valence-corrected chi connectivity index (χ1v) is 5.31. The summed E-state index contributed by atoms with van der Waals surface area (Å²) in [4.78, 5) is 3.24. The van der Waals surface area contributed by atoms with Crippen LogP contribution in [0.15, 0.2) is 18.2 Å². The Labute approximate surface area is 87.3 Å². The van der Waals surface area contributed by atoms with Crippen LogP contribution in [-0.4, -0.2) is 4.98 Å². The molecular weight excluding hydrogens is 191 g/mol. The number of hydrogen-bond acceptors (Lipinski definition) is 1. The van der Waals surface area contributed by atoms with E-state index in [0.29, 0.717) is 0 Å². The van der Waals surface area contributed by atoms with Crippen LogP contribution in [0.2, 0.25) is 0 Å². The summed E-state index contributed by atoms with van der Waals surface area (Å²) in [5.41, 5.74) is 9.28. The molecule has 1 aliphatic rings. The number of halogens is 1. The zero-order valence-electron chi connectivity index (χ0n) is 8.39. The molecule has 0 fully saturated rings. The molecule has 1 aromatic heterocycles. The maximum absolute atomic E-state index is 13.0. The number of rotatable bonds is 0. The van der Waals surface area contributed by atoms with E-state index in [1.54, 1.807) is 6.07 Å². The molecule has 0 amide bonds. The Kier molecular flexibility index (Phi) is 1.83. The summed E-state index contributed by atoms with van der Waals surface area (Å²) in [5.74, 6) is -0.199. The highest BCUT2D eigenvalue weighted by Crippen LogP contribution is 2.33. The molecule has 2 nitrogen and oxygen atoms in total. The third kappa shape index (κ3) is 1.27. The van der Waals surface area contributed by atoms with Crippen LogP contribution in [0.3, 0.4) is 0 Å². The third-order valence-corrected chi connectivity index (χ3v) is 3.21. The van der Waals surface area contributed by atoms with E-state index in [9.17, 15) is 4.39 Å². The van der Waals surface area contributed by atoms with Crippen LogP contribution < -0.4 is 5.73 Å². The van der Waals surface area contributed by atoms with Crippen LogP contribution in [0, 0.1) is 5.82 Å². The minimum absolute atomic E-state index is 0.0872. The zero-order chi connectivity index (χ0) is 10.4. The van der Waals surface area contributed by atoms with E-state index >= 15 is 0 Å². The second kappa shape index (κ2) is 3.07. The van der Waals surface area contributed by atoms with Gasteiger partial charge in [0.05, 0.1) is 0 Å². The molecule has 0 bridgehead atoms. The van der Waals surface area contributed by atoms with Crippen molar-refractivity contribution in [2.75, 3.05) is 0 Å². The van der Waals surface area contributed by atoms with Gasteiger partial charge in [0.1, 0.15) is 5.82 Å². The number of aromatic nitrogens is 1. The molecule has 78 valence electrons. The fourth-order valence-corrected chi connectivity index (χ4v) is 2.48. The monoisotopic (exact) mass is 204 g/mol. The number of hydrogen-bond donors (Lipinski definition) is 2. The van der Waals surface area contributed by atoms with E-state index in [4.69, 9.17) is 5.73 Å². The molecule has 0 aliphatic heterocycles. The zero-order valence-corrected chi connectivity index (χ0v) is 8.39. The number of H-pyrrole nitrogens is 1. The molecule has 1 heterocycles. The van der Waals surface area contributed by atoms with Crippen LogP contribution in [-0.2, 0) is 6.42 Å². The number of nitrogens with one attached hydrogen (secondary N) is 1. The Hall–Kier alpha value is -1.35. The molecule has 1 atom stereocenters. The van der Waals surface area contributed by atoms with Crippen molar-refractivity contribution < 1.29 is 4.39 Å². The van der Waals surface area contributed by atoms with Crippen molar-refractivity contribution in [3.05, 3.63) is 35.3 Å². The Morgan fingerprint density at radius 2 is 2.27 bits per heavy atom. The summed E-state index contributed by atoms with van der Waals surface area (Å²) < 4.78 is 13.0. The molecule has 0 saturated heterocycles. The molecule has 0 radical (unpaired) electrons. The molecular formula is C12H13FN2. The van der Waals surface area contributed by atoms with Gasteiger partial charge in [0.2, 0.25) is 0 Å². The van der Waals surface area contributed by atoms with Gasteiger partial charge in [0.25, 0.3) is 0 Å². The minimum atomic E-state index is -0.199. The number of benzene rings is 1. The smallest absolute Gasteiger partial charge is 0.125 e. The predicted molar refractivity (Wildman–Crippen MR) is 58.1 cm³/mol. The molecule has 1 unspecified atom stereocenters. The van der Waals surface area contributed by atoms with Crippen LogP contribution in [0.5, 0.6) is 0 Å². The number of fused-ring (bicyclic) bond motifs is 3. The van der Waals surface area contributed by atoms with Gasteiger partial charge in [-0.2, -0.15) is 0 Å². The number of nitrogens with two attached hydrogens (primary N) is 1. The van der Waals surface area contributed by atoms with E-state index in [1.807, 2.05) is 6.07 Å². The first-order chi connectivity index (χ1) is 7.25. The van der Waals surface area contributed by atoms with Gasteiger partial charge < -0.3 is 10.7 Å². The van der Waals surface area contributed by atoms with E-state index in [1.165, 1.54) is 11.6 Å². The van der Waals surface area contributed by atoms with Gasteiger partial charge >= 0.3 is 0 Å². The molecule has 3 heteroatoms. The summed E-state index contributed by atoms with van der Waals surface area (Å²) >= 11 is 0. The van der Waals surface area contributed by atoms with Crippen LogP contribution >= 0.6 is 0 Å². The van der Waals surface area contributed by atoms with Gasteiger partial charge in [0.15, 0.2) is 0 Å². The lowest BCUT2D eigenvalue weighted by Gasteiger charge is -2.18. The SMILES string of the molecule is NC1CCCc2c1[nH]c1cc(F)ccc21. The standard InChI is InChI=1S/C12H13FN2/c13-7-4-5-8-9-2-1-3-10(14)12(9)15-11(8)6-7/h4-6,10,15H,1-3,14H2. The van der Waals surface area contributed by atoms with Gasteiger partial charge in [-0.05, 0) is 43.0 Å². The topological polar surface area (TPSA) is 41.8 Å². The van der Waals surface area contributed by atoms with Gasteiger partial charge in [0, 0.05) is 22.6 Å². The molecule has 1 aliphatic carbocycles. The van der Waals surface area contributed by atoms with E-state index in [-0.39, 0.29) is 11.9 Å². The molecule has 1 aromatic carbocycles. The van der Waals surface area contributed by atoms with Crippen LogP contribution in [0.1, 0.15) is 30.1 Å². The molecule has 3 rings (SSSR count). The first-order valence-electron chi connectivity index (χ1n) is 5.31. The largest absolute Gasteiger partial charge is 0.357 e. The van der Waals surface area contributed by atoms with Gasteiger partial charge in [-0.3, -0.25) is 0 Å². The van der Waals surface area contributed by atoms with Crippen LogP contribution in [0.4, 0.5) is 4.39 Å². The van der Waals surface area contributed by atoms with Gasteiger partial charge in [-0.15, -0.1) is 0 Å². The van der Waals surface area contributed by atoms with Crippen LogP contribution in [0.25, 0.3) is 10.9 Å². The summed E-state index contributed by atoms with van der Waals surface area (Å²) in [7, 11) is 0. The number of aryl methyl sites for hydroxylation is 1. The van der Waals surface area contributed by atoms with Crippen molar-refractivity contribution in [3.8, 4) is 0 Å². The quantitative estimate of drug-likeness (QED) is 0.680. The second-order valence-electron chi connectivity index (χ2n) is 4.21. The summed E-state index contributed by atoms with van der Waals surface area (Å²) in [6.45, 7) is 0. The van der Waals surface area contributed by atoms with Crippen molar-refractivity contribution in [2.24, 2.45) is 5.73 Å². The van der Waals surface area contributed by atoms with Crippen molar-refractivity contribution in [1.29, 1.82) is 0 Å². The van der Waals surface area contributed by atoms with E-state index in [2.05, 4.69) is 4.98 Å². The van der Waals surface area contributed by atoms with Crippen molar-refractivity contribution in [3.63, 3.8) is 0 Å². The lowest BCUT2D eigenvalue weighted by atomic mass is 9.92. The molecule has 2 aromatic rings. The molecule has 3 N–H and O–H groups in total. The Balaban J connectivity index is 2.30. The predicted octanol–water partition coefficient (Wildman–Crippen LogP) is 2.64. The fourth-order valence-electron chi connectivity index (χ4n) is 2.48. The first kappa shape index (κ1) is 8.92. The Morgan fingerprint density at radius 1 is 1.40 bits per heavy atom. The summed E-state index contributed by atoms with van der Waals surface area (Å²) in [5, 5.41) is 1.13. The number of aromatic amines is 1. The van der Waals surface area contributed by atoms with Gasteiger partial charge in [-0.25, -0.2) is 4.39 Å². The maximum atomic E-state index is 13.0.